The molecule has 0 radical (unpaired) electrons. The van der Waals surface area contributed by atoms with Crippen molar-refractivity contribution in [1.29, 1.82) is 0 Å². The maximum atomic E-state index is 3.50. The fraction of sp³-hybridized carbons (Fsp3) is 0.520. The molecule has 1 fully saturated rings. The molecule has 6 rings (SSSR count). The van der Waals surface area contributed by atoms with Crippen LogP contribution in [0.1, 0.15) is 52.4 Å². The first-order valence-corrected chi connectivity index (χ1v) is 10.9. The Balaban J connectivity index is 0.00000171. The monoisotopic (exact) mass is 394 g/mol. The number of nitrogens with zero attached hydrogens (tertiary/aromatic N) is 1. The van der Waals surface area contributed by atoms with Gasteiger partial charge in [-0.1, -0.05) is 29.4 Å². The van der Waals surface area contributed by atoms with Gasteiger partial charge in [-0.05, 0) is 75.5 Å². The van der Waals surface area contributed by atoms with Crippen LogP contribution >= 0.6 is 12.4 Å². The van der Waals surface area contributed by atoms with E-state index in [4.69, 9.17) is 0 Å². The van der Waals surface area contributed by atoms with Crippen LogP contribution in [0.3, 0.4) is 0 Å². The van der Waals surface area contributed by atoms with Crippen LogP contribution < -0.4 is 5.32 Å². The molecule has 0 saturated carbocycles. The van der Waals surface area contributed by atoms with Gasteiger partial charge < -0.3 is 10.2 Å². The number of rotatable bonds is 2. The summed E-state index contributed by atoms with van der Waals surface area (Å²) in [6.07, 6.45) is 19.8. The lowest BCUT2D eigenvalue weighted by Gasteiger charge is -2.37. The van der Waals surface area contributed by atoms with Crippen LogP contribution in [0.25, 0.3) is 0 Å². The van der Waals surface area contributed by atoms with Crippen molar-refractivity contribution in [2.24, 2.45) is 17.8 Å². The Morgan fingerprint density at radius 1 is 1.11 bits per heavy atom. The fourth-order valence-corrected chi connectivity index (χ4v) is 6.42. The topological polar surface area (TPSA) is 15.3 Å². The smallest absolute Gasteiger partial charge is 0.0588 e. The molecular formula is C25H31ClN2. The molecule has 3 heteroatoms. The van der Waals surface area contributed by atoms with E-state index in [9.17, 15) is 0 Å². The Labute approximate surface area is 175 Å². The molecule has 3 heterocycles. The van der Waals surface area contributed by atoms with Crippen LogP contribution in [0.4, 0.5) is 0 Å². The van der Waals surface area contributed by atoms with Gasteiger partial charge in [0.25, 0.3) is 0 Å². The van der Waals surface area contributed by atoms with Gasteiger partial charge in [0.05, 0.1) is 6.04 Å². The van der Waals surface area contributed by atoms with E-state index in [0.717, 1.165) is 18.4 Å². The summed E-state index contributed by atoms with van der Waals surface area (Å²) >= 11 is 0. The summed E-state index contributed by atoms with van der Waals surface area (Å²) < 4.78 is 0. The SMILES string of the molecule is CC1=C(C)C1CC1CCC2C3=CNCC=C3N3C2=C1CC=C1C=CCCC13.Cl. The van der Waals surface area contributed by atoms with Crippen molar-refractivity contribution in [3.63, 3.8) is 0 Å². The minimum absolute atomic E-state index is 0. The highest BCUT2D eigenvalue weighted by molar-refractivity contribution is 5.85. The molecule has 0 spiro atoms. The lowest BCUT2D eigenvalue weighted by molar-refractivity contribution is 0.314. The Morgan fingerprint density at radius 3 is 2.79 bits per heavy atom. The van der Waals surface area contributed by atoms with E-state index in [2.05, 4.69) is 54.6 Å². The highest BCUT2D eigenvalue weighted by atomic mass is 35.5. The van der Waals surface area contributed by atoms with Crippen molar-refractivity contribution in [1.82, 2.24) is 10.2 Å². The van der Waals surface area contributed by atoms with Crippen molar-refractivity contribution in [3.8, 4) is 0 Å². The van der Waals surface area contributed by atoms with Gasteiger partial charge >= 0.3 is 0 Å². The maximum Gasteiger partial charge on any atom is 0.0588 e. The fourth-order valence-electron chi connectivity index (χ4n) is 6.42. The van der Waals surface area contributed by atoms with E-state index in [0.29, 0.717) is 12.0 Å². The number of hydrogen-bond donors (Lipinski definition) is 1. The molecule has 0 aromatic heterocycles. The van der Waals surface area contributed by atoms with E-state index < -0.39 is 0 Å². The van der Waals surface area contributed by atoms with E-state index in [-0.39, 0.29) is 12.4 Å². The van der Waals surface area contributed by atoms with Gasteiger partial charge in [0.15, 0.2) is 0 Å². The normalized spacial score (nSPS) is 33.0. The Hall–Kier alpha value is -1.67. The molecule has 1 saturated heterocycles. The molecule has 2 nitrogen and oxygen atoms in total. The summed E-state index contributed by atoms with van der Waals surface area (Å²) in [4.78, 5) is 2.79. The minimum Gasteiger partial charge on any atom is -0.387 e. The van der Waals surface area contributed by atoms with Gasteiger partial charge in [0.1, 0.15) is 0 Å². The molecule has 3 unspecified atom stereocenters. The highest BCUT2D eigenvalue weighted by Crippen LogP contribution is 2.56. The molecule has 1 N–H and O–H groups in total. The summed E-state index contributed by atoms with van der Waals surface area (Å²) in [5.74, 6) is 2.20. The third-order valence-electron chi connectivity index (χ3n) is 8.09. The number of dihydropyridines is 1. The van der Waals surface area contributed by atoms with E-state index in [1.807, 2.05) is 0 Å². The molecule has 3 aliphatic carbocycles. The predicted molar refractivity (Wildman–Crippen MR) is 118 cm³/mol. The van der Waals surface area contributed by atoms with Crippen LogP contribution in [0.2, 0.25) is 0 Å². The molecule has 0 bridgehead atoms. The van der Waals surface area contributed by atoms with Crippen molar-refractivity contribution in [3.05, 3.63) is 69.8 Å². The number of hydrogen-bond acceptors (Lipinski definition) is 2. The van der Waals surface area contributed by atoms with Crippen LogP contribution in [-0.4, -0.2) is 17.5 Å². The molecule has 28 heavy (non-hydrogen) atoms. The lowest BCUT2D eigenvalue weighted by atomic mass is 9.74. The average Bonchev–Trinajstić information content (AvgIpc) is 3.17. The third-order valence-corrected chi connectivity index (χ3v) is 8.09. The van der Waals surface area contributed by atoms with Gasteiger partial charge in [-0.3, -0.25) is 0 Å². The van der Waals surface area contributed by atoms with E-state index >= 15 is 0 Å². The van der Waals surface area contributed by atoms with Crippen LogP contribution in [-0.2, 0) is 0 Å². The van der Waals surface area contributed by atoms with Gasteiger partial charge in [-0.2, -0.15) is 0 Å². The number of halogens is 1. The Morgan fingerprint density at radius 2 is 1.96 bits per heavy atom. The van der Waals surface area contributed by atoms with Crippen LogP contribution in [0.15, 0.2) is 69.8 Å². The quantitative estimate of drug-likeness (QED) is 0.597. The molecule has 0 amide bonds. The second-order valence-electron chi connectivity index (χ2n) is 9.26. The molecular weight excluding hydrogens is 364 g/mol. The Bertz CT molecular complexity index is 886. The largest absolute Gasteiger partial charge is 0.387 e. The first-order chi connectivity index (χ1) is 13.2. The van der Waals surface area contributed by atoms with Crippen LogP contribution in [0, 0.1) is 17.8 Å². The number of allylic oxidation sites excluding steroid dienone is 7. The summed E-state index contributed by atoms with van der Waals surface area (Å²) in [7, 11) is 0. The summed E-state index contributed by atoms with van der Waals surface area (Å²) in [6, 6.07) is 0.557. The van der Waals surface area contributed by atoms with Gasteiger partial charge in [-0.15, -0.1) is 12.4 Å². The molecule has 3 atom stereocenters. The van der Waals surface area contributed by atoms with E-state index in [1.54, 1.807) is 33.6 Å². The maximum absolute atomic E-state index is 3.50. The first-order valence-electron chi connectivity index (χ1n) is 10.9. The zero-order valence-corrected chi connectivity index (χ0v) is 17.8. The summed E-state index contributed by atoms with van der Waals surface area (Å²) in [5, 5.41) is 3.50. The second-order valence-corrected chi connectivity index (χ2v) is 9.26. The first kappa shape index (κ1) is 18.4. The standard InChI is InChI=1S/C25H30N2.ClH/c1-15-16(2)21(15)13-18-8-10-20-22-14-26-12-11-24(22)27-23-6-4-3-5-17(23)7-9-19(18)25(20)27;/h3,5,7,11,14,18,20-21,23,26H,4,6,8-10,12-13H2,1-2H3;1H. The minimum atomic E-state index is 0. The molecule has 148 valence electrons. The summed E-state index contributed by atoms with van der Waals surface area (Å²) in [6.45, 7) is 5.66. The van der Waals surface area contributed by atoms with Crippen LogP contribution in [0.5, 0.6) is 0 Å². The van der Waals surface area contributed by atoms with E-state index in [1.165, 1.54) is 44.2 Å². The highest BCUT2D eigenvalue weighted by Gasteiger charge is 2.47. The summed E-state index contributed by atoms with van der Waals surface area (Å²) in [5.41, 5.74) is 11.5. The molecule has 6 aliphatic rings. The number of fused-ring (bicyclic) bond motifs is 5. The van der Waals surface area contributed by atoms with Gasteiger partial charge in [0, 0.05) is 41.5 Å². The van der Waals surface area contributed by atoms with Gasteiger partial charge in [0.2, 0.25) is 0 Å². The third kappa shape index (κ3) is 2.53. The predicted octanol–water partition coefficient (Wildman–Crippen LogP) is 5.78. The Kier molecular flexibility index (Phi) is 4.39. The van der Waals surface area contributed by atoms with Gasteiger partial charge in [-0.25, -0.2) is 0 Å². The lowest BCUT2D eigenvalue weighted by Crippen LogP contribution is -2.35. The number of nitrogens with one attached hydrogen (secondary N) is 1. The van der Waals surface area contributed by atoms with Crippen molar-refractivity contribution >= 4 is 12.4 Å². The van der Waals surface area contributed by atoms with Crippen molar-refractivity contribution in [2.75, 3.05) is 6.54 Å². The molecule has 0 aromatic carbocycles. The zero-order chi connectivity index (χ0) is 18.1. The van der Waals surface area contributed by atoms with Crippen molar-refractivity contribution < 1.29 is 0 Å². The van der Waals surface area contributed by atoms with Crippen molar-refractivity contribution in [2.45, 2.75) is 58.4 Å². The molecule has 3 aliphatic heterocycles. The molecule has 0 aromatic rings. The second kappa shape index (κ2) is 6.69. The average molecular weight is 395 g/mol. The zero-order valence-electron chi connectivity index (χ0n) is 17.0.